The van der Waals surface area contributed by atoms with E-state index >= 15 is 0 Å². The predicted molar refractivity (Wildman–Crippen MR) is 115 cm³/mol. The van der Waals surface area contributed by atoms with Gasteiger partial charge in [0.15, 0.2) is 0 Å². The number of carbonyl (C=O) groups is 1. The van der Waals surface area contributed by atoms with Crippen LogP contribution < -0.4 is 10.0 Å². The number of hydrogen-bond donors (Lipinski definition) is 2. The molecule has 8 heteroatoms. The standard InChI is InChI=1S/C19H21BrN2O3S2/c1-2-12-21-27(24,25)14-15-7-9-16(10-8-15)22-19(23)11-13-26-18-6-4-3-5-17(18)20/h2-10,21H,1,11-14H2,(H,22,23). The van der Waals surface area contributed by atoms with Crippen molar-refractivity contribution < 1.29 is 13.2 Å². The van der Waals surface area contributed by atoms with Crippen molar-refractivity contribution in [3.05, 3.63) is 71.2 Å². The van der Waals surface area contributed by atoms with Gasteiger partial charge in [0.2, 0.25) is 15.9 Å². The van der Waals surface area contributed by atoms with Crippen LogP contribution in [0.3, 0.4) is 0 Å². The highest BCUT2D eigenvalue weighted by atomic mass is 79.9. The molecule has 0 aliphatic carbocycles. The molecule has 2 N–H and O–H groups in total. The zero-order valence-electron chi connectivity index (χ0n) is 14.7. The van der Waals surface area contributed by atoms with E-state index in [1.807, 2.05) is 24.3 Å². The zero-order valence-corrected chi connectivity index (χ0v) is 17.9. The summed E-state index contributed by atoms with van der Waals surface area (Å²) in [6, 6.07) is 14.7. The second kappa shape index (κ2) is 10.7. The van der Waals surface area contributed by atoms with Crippen LogP contribution in [0.25, 0.3) is 0 Å². The Morgan fingerprint density at radius 3 is 2.52 bits per heavy atom. The minimum Gasteiger partial charge on any atom is -0.326 e. The second-order valence-electron chi connectivity index (χ2n) is 5.67. The number of halogens is 1. The molecule has 0 bridgehead atoms. The number of carbonyl (C=O) groups excluding carboxylic acids is 1. The Morgan fingerprint density at radius 2 is 1.85 bits per heavy atom. The van der Waals surface area contributed by atoms with Gasteiger partial charge in [-0.1, -0.05) is 30.3 Å². The summed E-state index contributed by atoms with van der Waals surface area (Å²) in [6.07, 6.45) is 1.87. The fourth-order valence-corrected chi connectivity index (χ4v) is 4.80. The fourth-order valence-electron chi connectivity index (χ4n) is 2.18. The predicted octanol–water partition coefficient (Wildman–Crippen LogP) is 4.18. The van der Waals surface area contributed by atoms with E-state index in [1.165, 1.54) is 6.08 Å². The Morgan fingerprint density at radius 1 is 1.15 bits per heavy atom. The van der Waals surface area contributed by atoms with E-state index < -0.39 is 10.0 Å². The van der Waals surface area contributed by atoms with Gasteiger partial charge in [-0.15, -0.1) is 18.3 Å². The molecule has 1 amide bonds. The van der Waals surface area contributed by atoms with Crippen molar-refractivity contribution in [1.29, 1.82) is 0 Å². The van der Waals surface area contributed by atoms with Gasteiger partial charge in [-0.25, -0.2) is 13.1 Å². The second-order valence-corrected chi connectivity index (χ2v) is 9.47. The smallest absolute Gasteiger partial charge is 0.225 e. The Labute approximate surface area is 172 Å². The van der Waals surface area contributed by atoms with Crippen LogP contribution in [-0.4, -0.2) is 26.6 Å². The van der Waals surface area contributed by atoms with Crippen LogP contribution in [0.2, 0.25) is 0 Å². The third kappa shape index (κ3) is 7.88. The van der Waals surface area contributed by atoms with Crippen LogP contribution >= 0.6 is 27.7 Å². The minimum atomic E-state index is -3.39. The Hall–Kier alpha value is -1.61. The molecule has 0 radical (unpaired) electrons. The fraction of sp³-hybridized carbons (Fsp3) is 0.211. The number of thioether (sulfide) groups is 1. The molecule has 0 saturated heterocycles. The van der Waals surface area contributed by atoms with E-state index in [0.29, 0.717) is 23.4 Å². The molecule has 144 valence electrons. The van der Waals surface area contributed by atoms with Crippen molar-refractivity contribution in [1.82, 2.24) is 4.72 Å². The number of anilines is 1. The number of amides is 1. The van der Waals surface area contributed by atoms with Crippen LogP contribution in [0.1, 0.15) is 12.0 Å². The summed E-state index contributed by atoms with van der Waals surface area (Å²) in [7, 11) is -3.39. The molecular formula is C19H21BrN2O3S2. The third-order valence-electron chi connectivity index (χ3n) is 3.47. The quantitative estimate of drug-likeness (QED) is 0.405. The molecule has 0 aliphatic rings. The molecule has 0 aromatic heterocycles. The van der Waals surface area contributed by atoms with Crippen LogP contribution in [0.4, 0.5) is 5.69 Å². The number of nitrogens with one attached hydrogen (secondary N) is 2. The largest absolute Gasteiger partial charge is 0.326 e. The van der Waals surface area contributed by atoms with E-state index in [4.69, 9.17) is 0 Å². The monoisotopic (exact) mass is 468 g/mol. The van der Waals surface area contributed by atoms with Crippen LogP contribution in [0.5, 0.6) is 0 Å². The van der Waals surface area contributed by atoms with Gasteiger partial charge >= 0.3 is 0 Å². The summed E-state index contributed by atoms with van der Waals surface area (Å²) < 4.78 is 27.1. The molecule has 27 heavy (non-hydrogen) atoms. The molecular weight excluding hydrogens is 448 g/mol. The lowest BCUT2D eigenvalue weighted by Gasteiger charge is -2.08. The summed E-state index contributed by atoms with van der Waals surface area (Å²) in [5.41, 5.74) is 1.29. The average molecular weight is 469 g/mol. The first-order valence-electron chi connectivity index (χ1n) is 8.24. The van der Waals surface area contributed by atoms with Gasteiger partial charge in [0, 0.05) is 33.8 Å². The maximum absolute atomic E-state index is 12.1. The molecule has 0 saturated carbocycles. The van der Waals surface area contributed by atoms with Crippen molar-refractivity contribution >= 4 is 49.3 Å². The lowest BCUT2D eigenvalue weighted by Crippen LogP contribution is -2.25. The van der Waals surface area contributed by atoms with Crippen molar-refractivity contribution in [2.24, 2.45) is 0 Å². The highest BCUT2D eigenvalue weighted by Gasteiger charge is 2.10. The minimum absolute atomic E-state index is 0.0809. The molecule has 2 rings (SSSR count). The van der Waals surface area contributed by atoms with E-state index in [1.54, 1.807) is 36.0 Å². The molecule has 0 fully saturated rings. The highest BCUT2D eigenvalue weighted by Crippen LogP contribution is 2.27. The van der Waals surface area contributed by atoms with E-state index in [9.17, 15) is 13.2 Å². The summed E-state index contributed by atoms with van der Waals surface area (Å²) in [6.45, 7) is 3.68. The molecule has 0 heterocycles. The summed E-state index contributed by atoms with van der Waals surface area (Å²) >= 11 is 5.10. The lowest BCUT2D eigenvalue weighted by molar-refractivity contribution is -0.115. The van der Waals surface area contributed by atoms with Crippen LogP contribution in [0.15, 0.2) is 70.6 Å². The van der Waals surface area contributed by atoms with E-state index in [0.717, 1.165) is 9.37 Å². The van der Waals surface area contributed by atoms with Gasteiger partial charge in [-0.05, 0) is 45.8 Å². The molecule has 0 aliphatic heterocycles. The number of rotatable bonds is 10. The molecule has 5 nitrogen and oxygen atoms in total. The zero-order chi connectivity index (χ0) is 19.7. The van der Waals surface area contributed by atoms with E-state index in [2.05, 4.69) is 32.5 Å². The molecule has 2 aromatic carbocycles. The van der Waals surface area contributed by atoms with Crippen molar-refractivity contribution in [3.63, 3.8) is 0 Å². The SMILES string of the molecule is C=CCNS(=O)(=O)Cc1ccc(NC(=O)CCSc2ccccc2Br)cc1. The normalized spacial score (nSPS) is 11.1. The molecule has 0 atom stereocenters. The van der Waals surface area contributed by atoms with Crippen LogP contribution in [0, 0.1) is 0 Å². The van der Waals surface area contributed by atoms with Gasteiger partial charge in [0.05, 0.1) is 5.75 Å². The number of sulfonamides is 1. The third-order valence-corrected chi connectivity index (χ3v) is 6.81. The number of benzene rings is 2. The van der Waals surface area contributed by atoms with Gasteiger partial charge < -0.3 is 5.32 Å². The summed E-state index contributed by atoms with van der Waals surface area (Å²) in [4.78, 5) is 13.2. The molecule has 0 spiro atoms. The Bertz CT molecular complexity index is 884. The van der Waals surface area contributed by atoms with E-state index in [-0.39, 0.29) is 18.2 Å². The maximum Gasteiger partial charge on any atom is 0.225 e. The summed E-state index contributed by atoms with van der Waals surface area (Å²) in [5, 5.41) is 2.82. The highest BCUT2D eigenvalue weighted by molar-refractivity contribution is 9.10. The first kappa shape index (κ1) is 21.7. The summed E-state index contributed by atoms with van der Waals surface area (Å²) in [5.74, 6) is 0.472. The Balaban J connectivity index is 1.80. The Kier molecular flexibility index (Phi) is 8.56. The van der Waals surface area contributed by atoms with Crippen molar-refractivity contribution in [2.45, 2.75) is 17.1 Å². The van der Waals surface area contributed by atoms with Gasteiger partial charge in [0.25, 0.3) is 0 Å². The van der Waals surface area contributed by atoms with Crippen molar-refractivity contribution in [2.75, 3.05) is 17.6 Å². The van der Waals surface area contributed by atoms with Crippen molar-refractivity contribution in [3.8, 4) is 0 Å². The van der Waals surface area contributed by atoms with Gasteiger partial charge in [-0.3, -0.25) is 4.79 Å². The molecule has 0 unspecified atom stereocenters. The maximum atomic E-state index is 12.1. The van der Waals surface area contributed by atoms with Crippen LogP contribution in [-0.2, 0) is 20.6 Å². The average Bonchev–Trinajstić information content (AvgIpc) is 2.63. The van der Waals surface area contributed by atoms with Gasteiger partial charge in [-0.2, -0.15) is 0 Å². The number of hydrogen-bond acceptors (Lipinski definition) is 4. The first-order valence-corrected chi connectivity index (χ1v) is 11.7. The topological polar surface area (TPSA) is 75.3 Å². The molecule has 2 aromatic rings. The first-order chi connectivity index (χ1) is 12.9. The van der Waals surface area contributed by atoms with Gasteiger partial charge in [0.1, 0.15) is 0 Å². The lowest BCUT2D eigenvalue weighted by atomic mass is 10.2.